The van der Waals surface area contributed by atoms with Gasteiger partial charge in [-0.25, -0.2) is 0 Å². The van der Waals surface area contributed by atoms with Gasteiger partial charge in [0, 0.05) is 0 Å². The molecule has 0 saturated carbocycles. The zero-order valence-corrected chi connectivity index (χ0v) is 13.3. The lowest BCUT2D eigenvalue weighted by molar-refractivity contribution is 0.185. The van der Waals surface area contributed by atoms with E-state index in [-0.39, 0.29) is 34.4 Å². The largest absolute Gasteiger partial charge is 0.461 e. The third-order valence-corrected chi connectivity index (χ3v) is 1.78. The number of rotatable bonds is 6. The van der Waals surface area contributed by atoms with E-state index in [1.165, 1.54) is 0 Å². The molecule has 0 aliphatic heterocycles. The second-order valence-electron chi connectivity index (χ2n) is 4.18. The summed E-state index contributed by atoms with van der Waals surface area (Å²) in [6, 6.07) is 0.628. The molecule has 6 nitrogen and oxygen atoms in total. The summed E-state index contributed by atoms with van der Waals surface area (Å²) >= 11 is 2.12. The van der Waals surface area contributed by atoms with E-state index < -0.39 is 0 Å². The maximum atomic E-state index is 5.43. The minimum atomic E-state index is -0.0520. The molecule has 1 rings (SSSR count). The minimum absolute atomic E-state index is 0.0239. The maximum absolute atomic E-state index is 5.43. The highest BCUT2D eigenvalue weighted by Gasteiger charge is 2.13. The predicted octanol–water partition coefficient (Wildman–Crippen LogP) is 2.61. The number of hydrogen-bond acceptors (Lipinski definition) is 6. The molecule has 0 radical (unpaired) electrons. The quantitative estimate of drug-likeness (QED) is 0.569. The summed E-state index contributed by atoms with van der Waals surface area (Å²) in [7, 11) is 0. The van der Waals surface area contributed by atoms with Crippen LogP contribution in [0.4, 0.5) is 0 Å². The molecule has 0 N–H and O–H groups in total. The van der Waals surface area contributed by atoms with E-state index in [2.05, 4.69) is 37.5 Å². The lowest BCUT2D eigenvalue weighted by Gasteiger charge is -2.13. The smallest absolute Gasteiger partial charge is 0.326 e. The van der Waals surface area contributed by atoms with Gasteiger partial charge in [0.05, 0.1) is 12.2 Å². The molecule has 102 valence electrons. The van der Waals surface area contributed by atoms with Crippen LogP contribution in [0.5, 0.6) is 18.0 Å². The second-order valence-corrected chi connectivity index (χ2v) is 5.93. The van der Waals surface area contributed by atoms with E-state index in [9.17, 15) is 0 Å². The van der Waals surface area contributed by atoms with Crippen LogP contribution in [0.1, 0.15) is 34.6 Å². The molecule has 0 amide bonds. The summed E-state index contributed by atoms with van der Waals surface area (Å²) in [6.07, 6.45) is -0.0478. The summed E-state index contributed by atoms with van der Waals surface area (Å²) in [4.78, 5) is 12.2. The fourth-order valence-corrected chi connectivity index (χ4v) is 1.27. The van der Waals surface area contributed by atoms with Crippen molar-refractivity contribution in [1.29, 1.82) is 0 Å². The molecule has 0 aromatic carbocycles. The molecule has 1 unspecified atom stereocenters. The zero-order chi connectivity index (χ0) is 13.7. The first-order valence-corrected chi connectivity index (χ1v) is 7.01. The summed E-state index contributed by atoms with van der Waals surface area (Å²) in [5.74, 6) is 0. The number of ether oxygens (including phenoxy) is 3. The van der Waals surface area contributed by atoms with Crippen molar-refractivity contribution in [3.8, 4) is 18.0 Å². The van der Waals surface area contributed by atoms with Crippen molar-refractivity contribution in [2.24, 2.45) is 0 Å². The van der Waals surface area contributed by atoms with Gasteiger partial charge in [0.1, 0.15) is 4.11 Å². The van der Waals surface area contributed by atoms with E-state index in [0.29, 0.717) is 0 Å². The molecule has 0 aliphatic carbocycles. The van der Waals surface area contributed by atoms with Crippen LogP contribution in [-0.4, -0.2) is 31.3 Å². The highest BCUT2D eigenvalue weighted by molar-refractivity contribution is 14.1. The van der Waals surface area contributed by atoms with E-state index in [1.54, 1.807) is 0 Å². The molecule has 1 aromatic heterocycles. The highest BCUT2D eigenvalue weighted by Crippen LogP contribution is 2.18. The van der Waals surface area contributed by atoms with Gasteiger partial charge < -0.3 is 14.2 Å². The van der Waals surface area contributed by atoms with Crippen molar-refractivity contribution in [3.63, 3.8) is 0 Å². The molecule has 0 aliphatic rings. The normalized spacial score (nSPS) is 12.7. The Labute approximate surface area is 121 Å². The lowest BCUT2D eigenvalue weighted by atomic mass is 10.5. The van der Waals surface area contributed by atoms with E-state index in [0.717, 1.165) is 0 Å². The number of aromatic nitrogens is 3. The Morgan fingerprint density at radius 2 is 1.06 bits per heavy atom. The number of nitrogens with zero attached hydrogens (tertiary/aromatic N) is 3. The predicted molar refractivity (Wildman–Crippen MR) is 75.5 cm³/mol. The molecule has 1 atom stereocenters. The Balaban J connectivity index is 2.95. The average Bonchev–Trinajstić information content (AvgIpc) is 2.12. The van der Waals surface area contributed by atoms with Crippen LogP contribution in [0.25, 0.3) is 0 Å². The van der Waals surface area contributed by atoms with Crippen molar-refractivity contribution < 1.29 is 14.2 Å². The molecule has 0 fully saturated rings. The molecular formula is C11H18IN3O3. The van der Waals surface area contributed by atoms with Crippen molar-refractivity contribution in [2.75, 3.05) is 0 Å². The molecule has 0 spiro atoms. The van der Waals surface area contributed by atoms with Gasteiger partial charge in [0.2, 0.25) is 0 Å². The Morgan fingerprint density at radius 1 is 0.722 bits per heavy atom. The Hall–Kier alpha value is -0.860. The van der Waals surface area contributed by atoms with E-state index >= 15 is 0 Å². The second kappa shape index (κ2) is 6.91. The summed E-state index contributed by atoms with van der Waals surface area (Å²) in [6.45, 7) is 9.47. The monoisotopic (exact) mass is 367 g/mol. The summed E-state index contributed by atoms with van der Waals surface area (Å²) < 4.78 is 16.2. The van der Waals surface area contributed by atoms with Gasteiger partial charge in [0.25, 0.3) is 0 Å². The first kappa shape index (κ1) is 15.2. The van der Waals surface area contributed by atoms with Gasteiger partial charge in [-0.1, -0.05) is 0 Å². The van der Waals surface area contributed by atoms with Gasteiger partial charge in [-0.2, -0.15) is 0 Å². The molecular weight excluding hydrogens is 349 g/mol. The molecule has 0 bridgehead atoms. The van der Waals surface area contributed by atoms with Crippen molar-refractivity contribution >= 4 is 22.6 Å². The van der Waals surface area contributed by atoms with Gasteiger partial charge >= 0.3 is 18.0 Å². The number of hydrogen-bond donors (Lipinski definition) is 0. The molecule has 1 heterocycles. The van der Waals surface area contributed by atoms with E-state index in [1.807, 2.05) is 34.6 Å². The summed E-state index contributed by atoms with van der Waals surface area (Å²) in [5, 5.41) is 0. The Kier molecular flexibility index (Phi) is 5.83. The SMILES string of the molecule is CC(C)Oc1nc(OC(C)C)nc(OC(C)I)n1. The molecule has 0 saturated heterocycles. The zero-order valence-electron chi connectivity index (χ0n) is 11.2. The number of alkyl halides is 1. The number of halogens is 1. The fourth-order valence-electron chi connectivity index (χ4n) is 1.05. The lowest BCUT2D eigenvalue weighted by Crippen LogP contribution is -2.14. The van der Waals surface area contributed by atoms with Crippen LogP contribution in [0.2, 0.25) is 0 Å². The Bertz CT molecular complexity index is 316. The standard InChI is InChI=1S/C11H18IN3O3/c1-6(2)16-9-13-10(17-7(3)4)15-11(14-9)18-8(5)12/h6-8H,1-5H3. The van der Waals surface area contributed by atoms with Crippen LogP contribution in [0.15, 0.2) is 0 Å². The topological polar surface area (TPSA) is 66.4 Å². The van der Waals surface area contributed by atoms with Gasteiger partial charge in [0.15, 0.2) is 0 Å². The third-order valence-electron chi connectivity index (χ3n) is 1.52. The van der Waals surface area contributed by atoms with Crippen molar-refractivity contribution in [1.82, 2.24) is 15.0 Å². The molecule has 1 aromatic rings. The van der Waals surface area contributed by atoms with Gasteiger partial charge in [-0.05, 0) is 57.2 Å². The van der Waals surface area contributed by atoms with Crippen LogP contribution in [-0.2, 0) is 0 Å². The fraction of sp³-hybridized carbons (Fsp3) is 0.727. The Morgan fingerprint density at radius 3 is 1.33 bits per heavy atom. The van der Waals surface area contributed by atoms with E-state index in [4.69, 9.17) is 14.2 Å². The third kappa shape index (κ3) is 5.65. The maximum Gasteiger partial charge on any atom is 0.326 e. The molecule has 7 heteroatoms. The molecule has 18 heavy (non-hydrogen) atoms. The van der Waals surface area contributed by atoms with Gasteiger partial charge in [-0.3, -0.25) is 0 Å². The van der Waals surface area contributed by atoms with Crippen LogP contribution in [0, 0.1) is 0 Å². The minimum Gasteiger partial charge on any atom is -0.461 e. The highest BCUT2D eigenvalue weighted by atomic mass is 127. The van der Waals surface area contributed by atoms with Crippen LogP contribution in [0.3, 0.4) is 0 Å². The first-order chi connectivity index (χ1) is 8.36. The van der Waals surface area contributed by atoms with Crippen molar-refractivity contribution in [3.05, 3.63) is 0 Å². The first-order valence-electron chi connectivity index (χ1n) is 5.77. The van der Waals surface area contributed by atoms with Crippen molar-refractivity contribution in [2.45, 2.75) is 50.9 Å². The van der Waals surface area contributed by atoms with Crippen LogP contribution < -0.4 is 14.2 Å². The van der Waals surface area contributed by atoms with Crippen LogP contribution >= 0.6 is 22.6 Å². The van der Waals surface area contributed by atoms with Gasteiger partial charge in [-0.15, -0.1) is 15.0 Å². The average molecular weight is 367 g/mol. The summed E-state index contributed by atoms with van der Waals surface area (Å²) in [5.41, 5.74) is 0.